The minimum absolute atomic E-state index is 0.0787. The number of carbonyl (C=O) groups is 1. The summed E-state index contributed by atoms with van der Waals surface area (Å²) in [6, 6.07) is 15.4. The minimum atomic E-state index is -0.329. The minimum Gasteiger partial charge on any atom is -0.497 e. The zero-order valence-electron chi connectivity index (χ0n) is 14.9. The molecule has 2 aromatic carbocycles. The zero-order valence-corrected chi connectivity index (χ0v) is 17.3. The number of nitrogens with zero attached hydrogens (tertiary/aromatic N) is 1. The first-order chi connectivity index (χ1) is 13.0. The van der Waals surface area contributed by atoms with Gasteiger partial charge >= 0.3 is 0 Å². The summed E-state index contributed by atoms with van der Waals surface area (Å²) >= 11 is 4.73. The number of hydrogen-bond donors (Lipinski definition) is 1. The van der Waals surface area contributed by atoms with Crippen molar-refractivity contribution in [2.75, 3.05) is 7.11 Å². The highest BCUT2D eigenvalue weighted by molar-refractivity contribution is 9.10. The van der Waals surface area contributed by atoms with Crippen molar-refractivity contribution in [3.05, 3.63) is 64.8 Å². The maximum atomic E-state index is 12.4. The second kappa shape index (κ2) is 9.10. The molecule has 0 saturated heterocycles. The van der Waals surface area contributed by atoms with Crippen LogP contribution in [0.1, 0.15) is 12.5 Å². The summed E-state index contributed by atoms with van der Waals surface area (Å²) in [6.45, 7) is 2.27. The molecule has 1 amide bonds. The van der Waals surface area contributed by atoms with Crippen LogP contribution in [0.3, 0.4) is 0 Å². The zero-order chi connectivity index (χ0) is 19.2. The molecule has 1 aromatic heterocycles. The molecule has 0 bridgehead atoms. The van der Waals surface area contributed by atoms with E-state index >= 15 is 0 Å². The summed E-state index contributed by atoms with van der Waals surface area (Å²) in [6.07, 6.45) is 1.67. The third kappa shape index (κ3) is 5.37. The fourth-order valence-corrected chi connectivity index (χ4v) is 3.55. The summed E-state index contributed by atoms with van der Waals surface area (Å²) in [5.41, 5.74) is 1.91. The molecule has 3 rings (SSSR count). The van der Waals surface area contributed by atoms with E-state index in [4.69, 9.17) is 9.15 Å². The highest BCUT2D eigenvalue weighted by Crippen LogP contribution is 2.29. The number of nitrogens with one attached hydrogen (secondary N) is 1. The van der Waals surface area contributed by atoms with Crippen LogP contribution < -0.4 is 10.1 Å². The summed E-state index contributed by atoms with van der Waals surface area (Å²) in [5, 5.41) is 3.06. The van der Waals surface area contributed by atoms with Gasteiger partial charge in [-0.15, -0.1) is 0 Å². The van der Waals surface area contributed by atoms with Gasteiger partial charge in [-0.25, -0.2) is 4.98 Å². The molecular formula is C20H19BrN2O3S. The molecule has 0 fully saturated rings. The molecule has 0 aliphatic heterocycles. The van der Waals surface area contributed by atoms with E-state index in [9.17, 15) is 4.79 Å². The number of amides is 1. The third-order valence-electron chi connectivity index (χ3n) is 3.84. The van der Waals surface area contributed by atoms with E-state index in [2.05, 4.69) is 26.2 Å². The van der Waals surface area contributed by atoms with Gasteiger partial charge in [0.2, 0.25) is 5.91 Å². The molecule has 0 radical (unpaired) electrons. The third-order valence-corrected chi connectivity index (χ3v) is 5.29. The molecule has 7 heteroatoms. The number of methoxy groups -OCH3 is 1. The number of rotatable bonds is 7. The number of thioether (sulfide) groups is 1. The predicted octanol–water partition coefficient (Wildman–Crippen LogP) is 4.91. The molecular weight excluding hydrogens is 428 g/mol. The van der Waals surface area contributed by atoms with Crippen LogP contribution in [0, 0.1) is 0 Å². The van der Waals surface area contributed by atoms with Gasteiger partial charge < -0.3 is 14.5 Å². The SMILES string of the molecule is COc1cccc(CNC(=O)[C@@H](C)Sc2ncc(-c3cccc(Br)c3)o2)c1. The first-order valence-electron chi connectivity index (χ1n) is 8.34. The number of halogens is 1. The van der Waals surface area contributed by atoms with Crippen molar-refractivity contribution >= 4 is 33.6 Å². The van der Waals surface area contributed by atoms with Crippen LogP contribution in [-0.2, 0) is 11.3 Å². The van der Waals surface area contributed by atoms with Gasteiger partial charge in [-0.05, 0) is 36.8 Å². The molecule has 1 N–H and O–H groups in total. The Morgan fingerprint density at radius 3 is 2.89 bits per heavy atom. The molecule has 0 spiro atoms. The second-order valence-corrected chi connectivity index (χ2v) is 8.04. The van der Waals surface area contributed by atoms with Crippen molar-refractivity contribution in [2.24, 2.45) is 0 Å². The number of benzene rings is 2. The Bertz CT molecular complexity index is 929. The fourth-order valence-electron chi connectivity index (χ4n) is 2.41. The fraction of sp³-hybridized carbons (Fsp3) is 0.200. The van der Waals surface area contributed by atoms with Gasteiger partial charge in [-0.2, -0.15) is 0 Å². The van der Waals surface area contributed by atoms with E-state index in [1.165, 1.54) is 11.8 Å². The van der Waals surface area contributed by atoms with Gasteiger partial charge in [0.25, 0.3) is 5.22 Å². The van der Waals surface area contributed by atoms with Crippen LogP contribution in [0.25, 0.3) is 11.3 Å². The average Bonchev–Trinajstić information content (AvgIpc) is 3.14. The van der Waals surface area contributed by atoms with E-state index in [0.29, 0.717) is 17.5 Å². The van der Waals surface area contributed by atoms with E-state index in [1.54, 1.807) is 13.3 Å². The van der Waals surface area contributed by atoms with E-state index in [0.717, 1.165) is 21.3 Å². The van der Waals surface area contributed by atoms with Crippen molar-refractivity contribution < 1.29 is 13.9 Å². The van der Waals surface area contributed by atoms with Crippen LogP contribution in [0.2, 0.25) is 0 Å². The van der Waals surface area contributed by atoms with E-state index < -0.39 is 0 Å². The highest BCUT2D eigenvalue weighted by atomic mass is 79.9. The molecule has 140 valence electrons. The van der Waals surface area contributed by atoms with Crippen LogP contribution >= 0.6 is 27.7 Å². The Balaban J connectivity index is 1.56. The quantitative estimate of drug-likeness (QED) is 0.522. The number of carbonyl (C=O) groups excluding carboxylic acids is 1. The first kappa shape index (κ1) is 19.5. The normalized spacial score (nSPS) is 11.8. The smallest absolute Gasteiger partial charge is 0.256 e. The number of ether oxygens (including phenoxy) is 1. The Morgan fingerprint density at radius 1 is 1.30 bits per heavy atom. The number of aromatic nitrogens is 1. The largest absolute Gasteiger partial charge is 0.497 e. The summed E-state index contributed by atoms with van der Waals surface area (Å²) < 4.78 is 11.9. The Hall–Kier alpha value is -2.25. The van der Waals surface area contributed by atoms with Gasteiger partial charge in [-0.1, -0.05) is 52.0 Å². The van der Waals surface area contributed by atoms with Crippen LogP contribution in [0.4, 0.5) is 0 Å². The molecule has 1 heterocycles. The topological polar surface area (TPSA) is 64.4 Å². The van der Waals surface area contributed by atoms with Crippen molar-refractivity contribution in [1.29, 1.82) is 0 Å². The molecule has 0 aliphatic carbocycles. The van der Waals surface area contributed by atoms with Gasteiger partial charge in [0.05, 0.1) is 18.6 Å². The van der Waals surface area contributed by atoms with Gasteiger partial charge in [-0.3, -0.25) is 4.79 Å². The lowest BCUT2D eigenvalue weighted by atomic mass is 10.2. The van der Waals surface area contributed by atoms with Crippen molar-refractivity contribution in [2.45, 2.75) is 23.9 Å². The lowest BCUT2D eigenvalue weighted by Crippen LogP contribution is -2.30. The number of oxazole rings is 1. The monoisotopic (exact) mass is 446 g/mol. The summed E-state index contributed by atoms with van der Waals surface area (Å²) in [4.78, 5) is 16.6. The molecule has 0 aliphatic rings. The summed E-state index contributed by atoms with van der Waals surface area (Å²) in [7, 11) is 1.62. The predicted molar refractivity (Wildman–Crippen MR) is 110 cm³/mol. The lowest BCUT2D eigenvalue weighted by Gasteiger charge is -2.10. The first-order valence-corrected chi connectivity index (χ1v) is 10.0. The van der Waals surface area contributed by atoms with Crippen molar-refractivity contribution in [3.63, 3.8) is 0 Å². The molecule has 27 heavy (non-hydrogen) atoms. The standard InChI is InChI=1S/C20H19BrN2O3S/c1-13(19(24)22-11-14-5-3-8-17(9-14)25-2)27-20-23-12-18(26-20)15-6-4-7-16(21)10-15/h3-10,12-13H,11H2,1-2H3,(H,22,24)/t13-/m1/s1. The van der Waals surface area contributed by atoms with Gasteiger partial charge in [0, 0.05) is 16.6 Å². The van der Waals surface area contributed by atoms with Crippen molar-refractivity contribution in [3.8, 4) is 17.1 Å². The van der Waals surface area contributed by atoms with Crippen LogP contribution in [0.15, 0.2) is 68.8 Å². The van der Waals surface area contributed by atoms with E-state index in [-0.39, 0.29) is 11.2 Å². The number of hydrogen-bond acceptors (Lipinski definition) is 5. The van der Waals surface area contributed by atoms with Gasteiger partial charge in [0.1, 0.15) is 5.75 Å². The Morgan fingerprint density at radius 2 is 2.11 bits per heavy atom. The molecule has 0 saturated carbocycles. The van der Waals surface area contributed by atoms with E-state index in [1.807, 2.05) is 55.5 Å². The lowest BCUT2D eigenvalue weighted by molar-refractivity contribution is -0.120. The Labute approximate surface area is 170 Å². The average molecular weight is 447 g/mol. The molecule has 5 nitrogen and oxygen atoms in total. The van der Waals surface area contributed by atoms with Crippen LogP contribution in [0.5, 0.6) is 5.75 Å². The summed E-state index contributed by atoms with van der Waals surface area (Å²) in [5.74, 6) is 1.36. The van der Waals surface area contributed by atoms with Crippen LogP contribution in [-0.4, -0.2) is 23.3 Å². The maximum Gasteiger partial charge on any atom is 0.256 e. The highest BCUT2D eigenvalue weighted by Gasteiger charge is 2.18. The second-order valence-electron chi connectivity index (χ2n) is 5.83. The molecule has 0 unspecified atom stereocenters. The maximum absolute atomic E-state index is 12.4. The van der Waals surface area contributed by atoms with Crippen molar-refractivity contribution in [1.82, 2.24) is 10.3 Å². The Kier molecular flexibility index (Phi) is 6.58. The van der Waals surface area contributed by atoms with Gasteiger partial charge in [0.15, 0.2) is 5.76 Å². The molecule has 1 atom stereocenters. The molecule has 3 aromatic rings.